The first kappa shape index (κ1) is 11.5. The van der Waals surface area contributed by atoms with E-state index in [9.17, 15) is 5.11 Å². The monoisotopic (exact) mass is 194 g/mol. The van der Waals surface area contributed by atoms with E-state index in [0.717, 1.165) is 19.3 Å². The highest BCUT2D eigenvalue weighted by Gasteiger charge is 2.38. The average molecular weight is 194 g/mol. The lowest BCUT2D eigenvalue weighted by molar-refractivity contribution is 0.0550. The molecule has 1 aliphatic carbocycles. The minimum atomic E-state index is -0.184. The van der Waals surface area contributed by atoms with Crippen molar-refractivity contribution in [3.05, 3.63) is 24.3 Å². The van der Waals surface area contributed by atoms with Gasteiger partial charge in [-0.05, 0) is 37.5 Å². The van der Waals surface area contributed by atoms with E-state index < -0.39 is 0 Å². The molecule has 0 heterocycles. The molecule has 1 heteroatoms. The molecular formula is C13H22O. The number of aliphatic hydroxyl groups is 1. The van der Waals surface area contributed by atoms with Crippen molar-refractivity contribution >= 4 is 0 Å². The number of rotatable bonds is 4. The molecule has 0 amide bonds. The molecule has 0 saturated carbocycles. The highest BCUT2D eigenvalue weighted by molar-refractivity contribution is 5.19. The molecule has 0 spiro atoms. The summed E-state index contributed by atoms with van der Waals surface area (Å²) in [6.07, 6.45) is 6.74. The summed E-state index contributed by atoms with van der Waals surface area (Å²) in [4.78, 5) is 0. The van der Waals surface area contributed by atoms with Crippen molar-refractivity contribution in [2.75, 3.05) is 0 Å². The van der Waals surface area contributed by atoms with Gasteiger partial charge in [0.2, 0.25) is 0 Å². The largest absolute Gasteiger partial charge is 0.393 e. The summed E-state index contributed by atoms with van der Waals surface area (Å²) in [5.74, 6) is 0.391. The Balaban J connectivity index is 2.58. The van der Waals surface area contributed by atoms with Gasteiger partial charge in [0.05, 0.1) is 6.10 Å². The summed E-state index contributed by atoms with van der Waals surface area (Å²) < 4.78 is 0. The number of aliphatic hydroxyl groups excluding tert-OH is 1. The van der Waals surface area contributed by atoms with Gasteiger partial charge in [-0.3, -0.25) is 0 Å². The molecule has 1 unspecified atom stereocenters. The molecule has 0 aromatic rings. The van der Waals surface area contributed by atoms with Gasteiger partial charge in [0.15, 0.2) is 0 Å². The molecule has 14 heavy (non-hydrogen) atoms. The molecule has 0 aromatic carbocycles. The van der Waals surface area contributed by atoms with Gasteiger partial charge < -0.3 is 5.11 Å². The topological polar surface area (TPSA) is 20.2 Å². The summed E-state index contributed by atoms with van der Waals surface area (Å²) in [5, 5.41) is 10.1. The van der Waals surface area contributed by atoms with Crippen molar-refractivity contribution < 1.29 is 5.11 Å². The third-order valence-electron chi connectivity index (χ3n) is 3.75. The standard InChI is InChI=1S/C13H22O/c1-5-6-7-12(14)11-9-8-10(2)13(11,3)4/h5,8,11-12,14H,1,6-7,9H2,2-4H3/t11-,12?/m0/s1. The Hall–Kier alpha value is -0.560. The Morgan fingerprint density at radius 1 is 1.71 bits per heavy atom. The Bertz CT molecular complexity index is 238. The lowest BCUT2D eigenvalue weighted by Crippen LogP contribution is -2.31. The lowest BCUT2D eigenvalue weighted by Gasteiger charge is -2.33. The van der Waals surface area contributed by atoms with Crippen molar-refractivity contribution in [1.29, 1.82) is 0 Å². The molecule has 0 bridgehead atoms. The molecule has 80 valence electrons. The van der Waals surface area contributed by atoms with Crippen LogP contribution in [-0.4, -0.2) is 11.2 Å². The van der Waals surface area contributed by atoms with Gasteiger partial charge in [0.1, 0.15) is 0 Å². The van der Waals surface area contributed by atoms with E-state index in [1.807, 2.05) is 6.08 Å². The minimum Gasteiger partial charge on any atom is -0.393 e. The second kappa shape index (κ2) is 4.31. The van der Waals surface area contributed by atoms with Crippen LogP contribution in [0.4, 0.5) is 0 Å². The van der Waals surface area contributed by atoms with Crippen LogP contribution in [0.15, 0.2) is 24.3 Å². The van der Waals surface area contributed by atoms with Gasteiger partial charge in [-0.2, -0.15) is 0 Å². The van der Waals surface area contributed by atoms with Gasteiger partial charge >= 0.3 is 0 Å². The van der Waals surface area contributed by atoms with Crippen LogP contribution in [0.25, 0.3) is 0 Å². The van der Waals surface area contributed by atoms with Gasteiger partial charge in [0, 0.05) is 0 Å². The highest BCUT2D eigenvalue weighted by Crippen LogP contribution is 2.45. The zero-order valence-corrected chi connectivity index (χ0v) is 9.59. The van der Waals surface area contributed by atoms with Crippen LogP contribution >= 0.6 is 0 Å². The SMILES string of the molecule is C=CCCC(O)[C@@H]1CC=C(C)C1(C)C. The van der Waals surface area contributed by atoms with Gasteiger partial charge in [-0.25, -0.2) is 0 Å². The molecule has 1 nitrogen and oxygen atoms in total. The molecule has 1 aliphatic rings. The third-order valence-corrected chi connectivity index (χ3v) is 3.75. The summed E-state index contributed by atoms with van der Waals surface area (Å²) in [6, 6.07) is 0. The van der Waals surface area contributed by atoms with Crippen LogP contribution in [0.5, 0.6) is 0 Å². The van der Waals surface area contributed by atoms with E-state index in [0.29, 0.717) is 5.92 Å². The third kappa shape index (κ3) is 2.09. The van der Waals surface area contributed by atoms with Crippen LogP contribution in [0.2, 0.25) is 0 Å². The maximum absolute atomic E-state index is 10.1. The van der Waals surface area contributed by atoms with Crippen LogP contribution in [0, 0.1) is 11.3 Å². The molecule has 0 saturated heterocycles. The molecule has 1 rings (SSSR count). The normalized spacial score (nSPS) is 27.1. The van der Waals surface area contributed by atoms with Crippen molar-refractivity contribution in [2.24, 2.45) is 11.3 Å². The first-order valence-corrected chi connectivity index (χ1v) is 5.46. The van der Waals surface area contributed by atoms with Crippen molar-refractivity contribution in [1.82, 2.24) is 0 Å². The van der Waals surface area contributed by atoms with Gasteiger partial charge in [-0.15, -0.1) is 6.58 Å². The predicted molar refractivity (Wildman–Crippen MR) is 61.1 cm³/mol. The van der Waals surface area contributed by atoms with Gasteiger partial charge in [-0.1, -0.05) is 31.6 Å². The van der Waals surface area contributed by atoms with Crippen LogP contribution in [0.1, 0.15) is 40.0 Å². The zero-order valence-electron chi connectivity index (χ0n) is 9.59. The second-order valence-corrected chi connectivity index (χ2v) is 4.88. The van der Waals surface area contributed by atoms with Gasteiger partial charge in [0.25, 0.3) is 0 Å². The molecular weight excluding hydrogens is 172 g/mol. The fourth-order valence-corrected chi connectivity index (χ4v) is 2.28. The summed E-state index contributed by atoms with van der Waals surface area (Å²) in [7, 11) is 0. The molecule has 1 N–H and O–H groups in total. The van der Waals surface area contributed by atoms with E-state index >= 15 is 0 Å². The second-order valence-electron chi connectivity index (χ2n) is 4.88. The predicted octanol–water partition coefficient (Wildman–Crippen LogP) is 3.31. The first-order chi connectivity index (χ1) is 6.50. The van der Waals surface area contributed by atoms with E-state index in [2.05, 4.69) is 33.4 Å². The quantitative estimate of drug-likeness (QED) is 0.681. The summed E-state index contributed by atoms with van der Waals surface area (Å²) in [6.45, 7) is 10.3. The number of hydrogen-bond donors (Lipinski definition) is 1. The average Bonchev–Trinajstić information content (AvgIpc) is 2.38. The molecule has 0 aromatic heterocycles. The Labute approximate surface area is 87.5 Å². The maximum atomic E-state index is 10.1. The molecule has 0 fully saturated rings. The number of allylic oxidation sites excluding steroid dienone is 3. The smallest absolute Gasteiger partial charge is 0.0582 e. The van der Waals surface area contributed by atoms with E-state index in [1.54, 1.807) is 0 Å². The fourth-order valence-electron chi connectivity index (χ4n) is 2.28. The Morgan fingerprint density at radius 2 is 2.36 bits per heavy atom. The van der Waals surface area contributed by atoms with E-state index in [-0.39, 0.29) is 11.5 Å². The fraction of sp³-hybridized carbons (Fsp3) is 0.692. The molecule has 0 aliphatic heterocycles. The van der Waals surface area contributed by atoms with Crippen molar-refractivity contribution in [3.8, 4) is 0 Å². The highest BCUT2D eigenvalue weighted by atomic mass is 16.3. The zero-order chi connectivity index (χ0) is 10.8. The van der Waals surface area contributed by atoms with Crippen LogP contribution in [-0.2, 0) is 0 Å². The molecule has 2 atom stereocenters. The summed E-state index contributed by atoms with van der Waals surface area (Å²) in [5.41, 5.74) is 1.58. The Kier molecular flexibility index (Phi) is 3.54. The van der Waals surface area contributed by atoms with Crippen LogP contribution < -0.4 is 0 Å². The lowest BCUT2D eigenvalue weighted by atomic mass is 9.74. The minimum absolute atomic E-state index is 0.167. The summed E-state index contributed by atoms with van der Waals surface area (Å²) >= 11 is 0. The van der Waals surface area contributed by atoms with E-state index in [1.165, 1.54) is 5.57 Å². The van der Waals surface area contributed by atoms with Crippen LogP contribution in [0.3, 0.4) is 0 Å². The number of hydrogen-bond acceptors (Lipinski definition) is 1. The van der Waals surface area contributed by atoms with E-state index in [4.69, 9.17) is 0 Å². The maximum Gasteiger partial charge on any atom is 0.0582 e. The van der Waals surface area contributed by atoms with Crippen molar-refractivity contribution in [3.63, 3.8) is 0 Å². The van der Waals surface area contributed by atoms with Crippen molar-refractivity contribution in [2.45, 2.75) is 46.1 Å². The Morgan fingerprint density at radius 3 is 2.79 bits per heavy atom. The molecule has 0 radical (unpaired) electrons. The first-order valence-electron chi connectivity index (χ1n) is 5.46.